The summed E-state index contributed by atoms with van der Waals surface area (Å²) in [5.74, 6) is 3.58. The van der Waals surface area contributed by atoms with Crippen LogP contribution >= 0.6 is 11.8 Å². The van der Waals surface area contributed by atoms with E-state index in [1.54, 1.807) is 0 Å². The number of nitrogens with zero attached hydrogens (tertiary/aromatic N) is 1. The van der Waals surface area contributed by atoms with Gasteiger partial charge in [-0.2, -0.15) is 5.06 Å². The third-order valence-corrected chi connectivity index (χ3v) is 8.18. The van der Waals surface area contributed by atoms with E-state index in [9.17, 15) is 0 Å². The molecule has 2 nitrogen and oxygen atoms in total. The highest BCUT2D eigenvalue weighted by Crippen LogP contribution is 2.68. The van der Waals surface area contributed by atoms with Gasteiger partial charge < -0.3 is 0 Å². The number of thioether (sulfide) groups is 1. The lowest BCUT2D eigenvalue weighted by atomic mass is 9.54. The minimum absolute atomic E-state index is 0.0860. The highest BCUT2D eigenvalue weighted by Gasteiger charge is 2.63. The maximum Gasteiger partial charge on any atom is 0.143 e. The lowest BCUT2D eigenvalue weighted by Crippen LogP contribution is -2.56. The summed E-state index contributed by atoms with van der Waals surface area (Å²) in [7, 11) is 2.13. The molecule has 1 heterocycles. The van der Waals surface area contributed by atoms with Crippen molar-refractivity contribution in [1.82, 2.24) is 5.06 Å². The molecule has 1 atom stereocenters. The van der Waals surface area contributed by atoms with Crippen LogP contribution < -0.4 is 0 Å². The SMILES string of the molecule is CN1OC2(SC1c1ccccc1)C1CC3CC(C1)CC2C3. The van der Waals surface area contributed by atoms with Crippen molar-refractivity contribution in [2.45, 2.75) is 42.4 Å². The summed E-state index contributed by atoms with van der Waals surface area (Å²) in [5, 5.41) is 2.51. The quantitative estimate of drug-likeness (QED) is 0.760. The van der Waals surface area contributed by atoms with Crippen LogP contribution in [-0.2, 0) is 4.84 Å². The molecule has 0 radical (unpaired) electrons. The predicted molar refractivity (Wildman–Crippen MR) is 85.4 cm³/mol. The summed E-state index contributed by atoms with van der Waals surface area (Å²) < 4.78 is 0. The summed E-state index contributed by atoms with van der Waals surface area (Å²) in [4.78, 5) is 6.67. The number of hydrogen-bond acceptors (Lipinski definition) is 3. The molecule has 1 spiro atoms. The summed E-state index contributed by atoms with van der Waals surface area (Å²) >= 11 is 2.11. The summed E-state index contributed by atoms with van der Waals surface area (Å²) in [6.45, 7) is 0. The molecule has 4 saturated carbocycles. The summed E-state index contributed by atoms with van der Waals surface area (Å²) in [6, 6.07) is 10.9. The smallest absolute Gasteiger partial charge is 0.143 e. The van der Waals surface area contributed by atoms with Gasteiger partial charge in [0.2, 0.25) is 0 Å². The first-order valence-corrected chi connectivity index (χ1v) is 9.27. The van der Waals surface area contributed by atoms with Crippen molar-refractivity contribution in [2.75, 3.05) is 7.05 Å². The topological polar surface area (TPSA) is 12.5 Å². The first kappa shape index (κ1) is 13.0. The van der Waals surface area contributed by atoms with Crippen LogP contribution in [-0.4, -0.2) is 17.0 Å². The van der Waals surface area contributed by atoms with Crippen molar-refractivity contribution in [3.63, 3.8) is 0 Å². The Balaban J connectivity index is 1.48. The average molecular weight is 301 g/mol. The molecule has 1 aliphatic heterocycles. The van der Waals surface area contributed by atoms with Crippen LogP contribution in [0.1, 0.15) is 43.0 Å². The number of hydroxylamine groups is 2. The van der Waals surface area contributed by atoms with Crippen molar-refractivity contribution >= 4 is 11.8 Å². The largest absolute Gasteiger partial charge is 0.280 e. The molecular formula is C18H23NOS. The molecule has 0 N–H and O–H groups in total. The van der Waals surface area contributed by atoms with Crippen molar-refractivity contribution < 1.29 is 4.84 Å². The third kappa shape index (κ3) is 1.80. The van der Waals surface area contributed by atoms with E-state index < -0.39 is 0 Å². The van der Waals surface area contributed by atoms with Gasteiger partial charge in [0.1, 0.15) is 10.3 Å². The maximum absolute atomic E-state index is 6.59. The van der Waals surface area contributed by atoms with Gasteiger partial charge in [0.05, 0.1) is 0 Å². The molecular weight excluding hydrogens is 278 g/mol. The van der Waals surface area contributed by atoms with Crippen LogP contribution in [0.3, 0.4) is 0 Å². The van der Waals surface area contributed by atoms with Crippen LogP contribution in [0.4, 0.5) is 0 Å². The van der Waals surface area contributed by atoms with Gasteiger partial charge in [-0.25, -0.2) is 0 Å². The summed E-state index contributed by atoms with van der Waals surface area (Å²) in [6.07, 6.45) is 7.15. The molecule has 1 aromatic carbocycles. The second-order valence-electron chi connectivity index (χ2n) is 7.54. The Morgan fingerprint density at radius 2 is 1.62 bits per heavy atom. The lowest BCUT2D eigenvalue weighted by Gasteiger charge is -2.58. The fourth-order valence-corrected chi connectivity index (χ4v) is 7.39. The van der Waals surface area contributed by atoms with Crippen LogP contribution in [0.25, 0.3) is 0 Å². The van der Waals surface area contributed by atoms with Crippen molar-refractivity contribution in [1.29, 1.82) is 0 Å². The van der Waals surface area contributed by atoms with Crippen molar-refractivity contribution in [3.05, 3.63) is 35.9 Å². The van der Waals surface area contributed by atoms with Gasteiger partial charge in [0.15, 0.2) is 0 Å². The van der Waals surface area contributed by atoms with Crippen molar-refractivity contribution in [2.24, 2.45) is 23.7 Å². The van der Waals surface area contributed by atoms with E-state index in [1.165, 1.54) is 37.7 Å². The van der Waals surface area contributed by atoms with E-state index in [4.69, 9.17) is 4.84 Å². The van der Waals surface area contributed by atoms with E-state index in [0.29, 0.717) is 5.37 Å². The number of benzene rings is 1. The standard InChI is InChI=1S/C18H23NOS/c1-19-17(14-5-3-2-4-6-14)21-18(20-19)15-8-12-7-13(10-15)11-16(18)9-12/h2-6,12-13,15-17H,7-11H2,1H3. The summed E-state index contributed by atoms with van der Waals surface area (Å²) in [5.41, 5.74) is 1.38. The molecule has 0 amide bonds. The average Bonchev–Trinajstić information content (AvgIpc) is 2.84. The van der Waals surface area contributed by atoms with Gasteiger partial charge in [-0.3, -0.25) is 4.84 Å². The maximum atomic E-state index is 6.59. The molecule has 1 aromatic rings. The van der Waals surface area contributed by atoms with Crippen LogP contribution in [0, 0.1) is 23.7 Å². The minimum Gasteiger partial charge on any atom is -0.280 e. The molecule has 5 aliphatic rings. The Kier molecular flexibility index (Phi) is 2.78. The molecule has 6 rings (SSSR count). The zero-order chi connectivity index (χ0) is 14.0. The first-order chi connectivity index (χ1) is 10.2. The monoisotopic (exact) mass is 301 g/mol. The Bertz CT molecular complexity index is 517. The Morgan fingerprint density at radius 1 is 1.00 bits per heavy atom. The molecule has 21 heavy (non-hydrogen) atoms. The van der Waals surface area contributed by atoms with Gasteiger partial charge in [-0.15, -0.1) is 0 Å². The predicted octanol–water partition coefficient (Wildman–Crippen LogP) is 4.45. The van der Waals surface area contributed by atoms with E-state index >= 15 is 0 Å². The normalized spacial score (nSPS) is 48.3. The first-order valence-electron chi connectivity index (χ1n) is 8.39. The van der Waals surface area contributed by atoms with E-state index in [0.717, 1.165) is 23.7 Å². The molecule has 0 aromatic heterocycles. The molecule has 1 unspecified atom stereocenters. The highest BCUT2D eigenvalue weighted by atomic mass is 32.2. The van der Waals surface area contributed by atoms with Crippen LogP contribution in [0.2, 0.25) is 0 Å². The Labute approximate surface area is 131 Å². The minimum atomic E-state index is 0.0860. The van der Waals surface area contributed by atoms with Crippen LogP contribution in [0.15, 0.2) is 30.3 Å². The molecule has 4 aliphatic carbocycles. The molecule has 3 heteroatoms. The fraction of sp³-hybridized carbons (Fsp3) is 0.667. The van der Waals surface area contributed by atoms with E-state index in [1.807, 2.05) is 0 Å². The van der Waals surface area contributed by atoms with Crippen molar-refractivity contribution in [3.8, 4) is 0 Å². The fourth-order valence-electron chi connectivity index (χ4n) is 5.62. The molecule has 4 bridgehead atoms. The molecule has 5 fully saturated rings. The van der Waals surface area contributed by atoms with Crippen LogP contribution in [0.5, 0.6) is 0 Å². The van der Waals surface area contributed by atoms with Gasteiger partial charge >= 0.3 is 0 Å². The van der Waals surface area contributed by atoms with Gasteiger partial charge in [0, 0.05) is 18.9 Å². The van der Waals surface area contributed by atoms with Gasteiger partial charge in [-0.1, -0.05) is 42.1 Å². The Morgan fingerprint density at radius 3 is 2.24 bits per heavy atom. The number of hydrogen-bond donors (Lipinski definition) is 0. The zero-order valence-electron chi connectivity index (χ0n) is 12.6. The van der Waals surface area contributed by atoms with E-state index in [-0.39, 0.29) is 4.93 Å². The third-order valence-electron chi connectivity index (χ3n) is 6.27. The lowest BCUT2D eigenvalue weighted by molar-refractivity contribution is -0.253. The second-order valence-corrected chi connectivity index (χ2v) is 8.86. The second kappa shape index (κ2) is 4.50. The molecule has 112 valence electrons. The zero-order valence-corrected chi connectivity index (χ0v) is 13.4. The number of rotatable bonds is 1. The van der Waals surface area contributed by atoms with Gasteiger partial charge in [-0.05, 0) is 49.5 Å². The highest BCUT2D eigenvalue weighted by molar-refractivity contribution is 8.00. The van der Waals surface area contributed by atoms with E-state index in [2.05, 4.69) is 54.2 Å². The van der Waals surface area contributed by atoms with Gasteiger partial charge in [0.25, 0.3) is 0 Å². The Hall–Kier alpha value is -0.510. The molecule has 1 saturated heterocycles.